The molecule has 0 atom stereocenters. The predicted octanol–water partition coefficient (Wildman–Crippen LogP) is 3.31. The molecule has 0 heterocycles. The zero-order valence-electron chi connectivity index (χ0n) is 12.7. The molecule has 1 aromatic rings. The Morgan fingerprint density at radius 3 is 1.89 bits per heavy atom. The number of unbranched alkanes of at least 4 members (excludes halogenated alkanes) is 1. The number of hydrogen-bond acceptors (Lipinski definition) is 2. The molecule has 2 nitrogen and oxygen atoms in total. The average Bonchev–Trinajstić information content (AvgIpc) is 2.46. The molecule has 0 saturated heterocycles. The molecule has 0 aliphatic rings. The van der Waals surface area contributed by atoms with Gasteiger partial charge in [0.05, 0.1) is 0 Å². The van der Waals surface area contributed by atoms with Crippen molar-refractivity contribution < 1.29 is 8.85 Å². The van der Waals surface area contributed by atoms with E-state index in [1.807, 2.05) is 0 Å². The van der Waals surface area contributed by atoms with Gasteiger partial charge in [0.25, 0.3) is 0 Å². The molecule has 19 heavy (non-hydrogen) atoms. The van der Waals surface area contributed by atoms with E-state index in [-0.39, 0.29) is 0 Å². The Morgan fingerprint density at radius 2 is 1.42 bits per heavy atom. The van der Waals surface area contributed by atoms with E-state index in [1.165, 1.54) is 30.0 Å². The summed E-state index contributed by atoms with van der Waals surface area (Å²) in [4.78, 5) is 0. The van der Waals surface area contributed by atoms with Crippen LogP contribution in [0.2, 0.25) is 0 Å². The first-order valence-corrected chi connectivity index (χ1v) is 9.15. The third kappa shape index (κ3) is 6.37. The monoisotopic (exact) mass is 280 g/mol. The summed E-state index contributed by atoms with van der Waals surface area (Å²) in [5.41, 5.74) is 1.42. The van der Waals surface area contributed by atoms with Crippen LogP contribution >= 0.6 is 0 Å². The maximum absolute atomic E-state index is 5.92. The van der Waals surface area contributed by atoms with Crippen LogP contribution in [0.15, 0.2) is 24.3 Å². The van der Waals surface area contributed by atoms with E-state index in [4.69, 9.17) is 8.85 Å². The molecule has 3 heteroatoms. The van der Waals surface area contributed by atoms with Gasteiger partial charge in [0, 0.05) is 13.2 Å². The highest BCUT2D eigenvalue weighted by atomic mass is 28.3. The number of aryl methyl sites for hydroxylation is 1. The third-order valence-electron chi connectivity index (χ3n) is 3.02. The molecule has 1 rings (SSSR count). The van der Waals surface area contributed by atoms with Gasteiger partial charge in [0.1, 0.15) is 0 Å². The van der Waals surface area contributed by atoms with Crippen LogP contribution in [0, 0.1) is 0 Å². The van der Waals surface area contributed by atoms with Crippen molar-refractivity contribution in [2.24, 2.45) is 0 Å². The Morgan fingerprint density at radius 1 is 0.842 bits per heavy atom. The molecule has 0 N–H and O–H groups in total. The lowest BCUT2D eigenvalue weighted by molar-refractivity contribution is 0.207. The minimum atomic E-state index is -1.68. The molecule has 1 aromatic carbocycles. The van der Waals surface area contributed by atoms with Crippen molar-refractivity contribution in [1.82, 2.24) is 0 Å². The summed E-state index contributed by atoms with van der Waals surface area (Å²) < 4.78 is 11.8. The summed E-state index contributed by atoms with van der Waals surface area (Å²) in [6.45, 7) is 8.11. The van der Waals surface area contributed by atoms with Crippen molar-refractivity contribution in [2.45, 2.75) is 52.9 Å². The van der Waals surface area contributed by atoms with Crippen LogP contribution in [0.1, 0.15) is 52.0 Å². The van der Waals surface area contributed by atoms with Gasteiger partial charge in [-0.25, -0.2) is 0 Å². The molecule has 108 valence electrons. The van der Waals surface area contributed by atoms with Gasteiger partial charge in [-0.2, -0.15) is 0 Å². The number of benzene rings is 1. The summed E-state index contributed by atoms with van der Waals surface area (Å²) >= 11 is 0. The quantitative estimate of drug-likeness (QED) is 0.612. The second-order valence-corrected chi connectivity index (χ2v) is 6.92. The second-order valence-electron chi connectivity index (χ2n) is 4.92. The Kier molecular flexibility index (Phi) is 8.79. The van der Waals surface area contributed by atoms with Crippen molar-refractivity contribution in [2.75, 3.05) is 13.2 Å². The molecule has 0 saturated carbocycles. The average molecular weight is 280 g/mol. The number of hydrogen-bond donors (Lipinski definition) is 0. The van der Waals surface area contributed by atoms with Crippen LogP contribution in [0.3, 0.4) is 0 Å². The van der Waals surface area contributed by atoms with Gasteiger partial charge in [0.15, 0.2) is 0 Å². The Balaban J connectivity index is 2.61. The van der Waals surface area contributed by atoms with Gasteiger partial charge in [-0.1, -0.05) is 51.5 Å². The van der Waals surface area contributed by atoms with Crippen LogP contribution < -0.4 is 5.19 Å². The second kappa shape index (κ2) is 10.2. The van der Waals surface area contributed by atoms with Crippen LogP contribution in [0.25, 0.3) is 0 Å². The molecular formula is C16H28O2Si. The van der Waals surface area contributed by atoms with Gasteiger partial charge in [-0.3, -0.25) is 0 Å². The van der Waals surface area contributed by atoms with Gasteiger partial charge in [-0.15, -0.1) is 0 Å². The van der Waals surface area contributed by atoms with E-state index < -0.39 is 9.28 Å². The highest BCUT2D eigenvalue weighted by Gasteiger charge is 2.15. The molecule has 0 unspecified atom stereocenters. The normalized spacial score (nSPS) is 11.2. The lowest BCUT2D eigenvalue weighted by Crippen LogP contribution is -2.37. The van der Waals surface area contributed by atoms with Crippen molar-refractivity contribution in [3.8, 4) is 0 Å². The van der Waals surface area contributed by atoms with Crippen LogP contribution in [0.5, 0.6) is 0 Å². The Hall–Kier alpha value is -0.643. The fourth-order valence-electron chi connectivity index (χ4n) is 1.91. The summed E-state index contributed by atoms with van der Waals surface area (Å²) in [5, 5.41) is 1.27. The first kappa shape index (κ1) is 16.4. The van der Waals surface area contributed by atoms with E-state index in [9.17, 15) is 0 Å². The summed E-state index contributed by atoms with van der Waals surface area (Å²) in [6.07, 6.45) is 5.78. The summed E-state index contributed by atoms with van der Waals surface area (Å²) in [5.74, 6) is 0. The van der Waals surface area contributed by atoms with Crippen molar-refractivity contribution in [3.63, 3.8) is 0 Å². The van der Waals surface area contributed by atoms with E-state index >= 15 is 0 Å². The molecule has 0 bridgehead atoms. The molecule has 0 amide bonds. The van der Waals surface area contributed by atoms with Gasteiger partial charge in [-0.05, 0) is 36.4 Å². The van der Waals surface area contributed by atoms with Gasteiger partial charge >= 0.3 is 9.28 Å². The smallest absolute Gasteiger partial charge is 0.355 e. The summed E-state index contributed by atoms with van der Waals surface area (Å²) in [6, 6.07) is 8.87. The number of rotatable bonds is 10. The molecular weight excluding hydrogens is 252 g/mol. The van der Waals surface area contributed by atoms with E-state index in [1.54, 1.807) is 0 Å². The van der Waals surface area contributed by atoms with Crippen molar-refractivity contribution in [3.05, 3.63) is 29.8 Å². The fourth-order valence-corrected chi connectivity index (χ4v) is 3.80. The van der Waals surface area contributed by atoms with Crippen LogP contribution in [0.4, 0.5) is 0 Å². The largest absolute Gasteiger partial charge is 0.393 e. The molecule has 0 aromatic heterocycles. The van der Waals surface area contributed by atoms with Crippen LogP contribution in [-0.2, 0) is 15.3 Å². The first-order chi connectivity index (χ1) is 9.31. The van der Waals surface area contributed by atoms with E-state index in [0.717, 1.165) is 26.1 Å². The Bertz CT molecular complexity index is 316. The zero-order valence-corrected chi connectivity index (χ0v) is 13.8. The predicted molar refractivity (Wildman–Crippen MR) is 84.3 cm³/mol. The highest BCUT2D eigenvalue weighted by molar-refractivity contribution is 6.61. The molecule has 0 radical (unpaired) electrons. The van der Waals surface area contributed by atoms with Gasteiger partial charge in [0.2, 0.25) is 0 Å². The molecule has 0 fully saturated rings. The third-order valence-corrected chi connectivity index (χ3v) is 5.02. The van der Waals surface area contributed by atoms with Crippen LogP contribution in [-0.4, -0.2) is 22.5 Å². The topological polar surface area (TPSA) is 18.5 Å². The zero-order chi connectivity index (χ0) is 13.9. The maximum atomic E-state index is 5.92. The lowest BCUT2D eigenvalue weighted by Gasteiger charge is -2.16. The lowest BCUT2D eigenvalue weighted by atomic mass is 10.1. The van der Waals surface area contributed by atoms with Crippen molar-refractivity contribution in [1.29, 1.82) is 0 Å². The van der Waals surface area contributed by atoms with Crippen molar-refractivity contribution >= 4 is 14.5 Å². The van der Waals surface area contributed by atoms with Gasteiger partial charge < -0.3 is 8.85 Å². The van der Waals surface area contributed by atoms with E-state index in [2.05, 4.69) is 45.0 Å². The minimum absolute atomic E-state index is 0.804. The summed E-state index contributed by atoms with van der Waals surface area (Å²) in [7, 11) is -1.68. The molecule has 0 aliphatic heterocycles. The van der Waals surface area contributed by atoms with E-state index in [0.29, 0.717) is 0 Å². The SMILES string of the molecule is CCCCc1ccc([SiH](OCCC)OCCC)cc1. The fraction of sp³-hybridized carbons (Fsp3) is 0.625. The Labute approximate surface area is 120 Å². The molecule has 0 aliphatic carbocycles. The first-order valence-electron chi connectivity index (χ1n) is 7.63. The highest BCUT2D eigenvalue weighted by Crippen LogP contribution is 2.05. The standard InChI is InChI=1S/C16H28O2Si/c1-4-7-8-15-9-11-16(12-10-15)19(17-13-5-2)18-14-6-3/h9-12,19H,4-8,13-14H2,1-3H3. The maximum Gasteiger partial charge on any atom is 0.355 e. The molecule has 0 spiro atoms. The minimum Gasteiger partial charge on any atom is -0.393 e.